The molecule has 1 aromatic rings. The normalized spacial score (nSPS) is 12.0. The summed E-state index contributed by atoms with van der Waals surface area (Å²) < 4.78 is 5.87. The molecule has 146 valence electrons. The van der Waals surface area contributed by atoms with E-state index in [1.807, 2.05) is 27.7 Å². The zero-order valence-corrected chi connectivity index (χ0v) is 15.7. The lowest BCUT2D eigenvalue weighted by Gasteiger charge is -2.31. The van der Waals surface area contributed by atoms with Crippen molar-refractivity contribution in [3.63, 3.8) is 0 Å². The van der Waals surface area contributed by atoms with Crippen molar-refractivity contribution in [3.05, 3.63) is 38.4 Å². The second kappa shape index (κ2) is 8.91. The van der Waals surface area contributed by atoms with E-state index in [4.69, 9.17) is 9.84 Å². The first kappa shape index (κ1) is 21.8. The fourth-order valence-corrected chi connectivity index (χ4v) is 2.27. The summed E-state index contributed by atoms with van der Waals surface area (Å²) in [5.41, 5.74) is -0.997. The van der Waals surface area contributed by atoms with Crippen molar-refractivity contribution in [2.24, 2.45) is 5.41 Å². The van der Waals surface area contributed by atoms with E-state index in [-0.39, 0.29) is 29.1 Å². The molecule has 9 heteroatoms. The van der Waals surface area contributed by atoms with E-state index in [2.05, 4.69) is 5.32 Å². The van der Waals surface area contributed by atoms with Crippen LogP contribution < -0.4 is 5.32 Å². The molecule has 2 N–H and O–H groups in total. The van der Waals surface area contributed by atoms with Crippen LogP contribution in [0.3, 0.4) is 0 Å². The van der Waals surface area contributed by atoms with Crippen molar-refractivity contribution >= 4 is 17.1 Å². The standard InChI is InChI=1S/C17H27N3O6/c1-16(2,12-26-17(3,4)8-10-21)7-9-18-14-6-5-13(19(22)23)11-15(14)20(24)25/h5-6,11,18,21H,7-10,12H2,1-4H3. The summed E-state index contributed by atoms with van der Waals surface area (Å²) in [6.45, 7) is 8.86. The number of non-ortho nitro benzene ring substituents is 1. The number of ether oxygens (including phenoxy) is 1. The summed E-state index contributed by atoms with van der Waals surface area (Å²) in [5, 5.41) is 33.9. The molecule has 1 rings (SSSR count). The smallest absolute Gasteiger partial charge is 0.299 e. The van der Waals surface area contributed by atoms with Gasteiger partial charge in [-0.1, -0.05) is 13.8 Å². The molecule has 0 aliphatic carbocycles. The molecule has 1 aromatic carbocycles. The van der Waals surface area contributed by atoms with Crippen molar-refractivity contribution < 1.29 is 19.7 Å². The Morgan fingerprint density at radius 2 is 1.77 bits per heavy atom. The Hall–Kier alpha value is -2.26. The van der Waals surface area contributed by atoms with Gasteiger partial charge in [-0.2, -0.15) is 0 Å². The minimum absolute atomic E-state index is 0.0544. The van der Waals surface area contributed by atoms with Crippen molar-refractivity contribution in [1.82, 2.24) is 0 Å². The second-order valence-corrected chi connectivity index (χ2v) is 7.58. The largest absolute Gasteiger partial charge is 0.396 e. The number of nitrogens with zero attached hydrogens (tertiary/aromatic N) is 2. The summed E-state index contributed by atoms with van der Waals surface area (Å²) in [6.07, 6.45) is 1.21. The van der Waals surface area contributed by atoms with Gasteiger partial charge in [0.25, 0.3) is 11.4 Å². The van der Waals surface area contributed by atoms with Crippen molar-refractivity contribution in [2.75, 3.05) is 25.1 Å². The Balaban J connectivity index is 2.66. The topological polar surface area (TPSA) is 128 Å². The number of nitrogens with one attached hydrogen (secondary N) is 1. The number of aliphatic hydroxyl groups excluding tert-OH is 1. The van der Waals surface area contributed by atoms with Crippen LogP contribution in [0.5, 0.6) is 0 Å². The number of nitro groups is 2. The van der Waals surface area contributed by atoms with Crippen LogP contribution in [0.15, 0.2) is 18.2 Å². The lowest BCUT2D eigenvalue weighted by atomic mass is 9.90. The number of rotatable bonds is 11. The molecule has 0 unspecified atom stereocenters. The van der Waals surface area contributed by atoms with Gasteiger partial charge in [-0.05, 0) is 38.2 Å². The maximum atomic E-state index is 11.1. The highest BCUT2D eigenvalue weighted by Gasteiger charge is 2.25. The monoisotopic (exact) mass is 369 g/mol. The van der Waals surface area contributed by atoms with Crippen molar-refractivity contribution in [3.8, 4) is 0 Å². The van der Waals surface area contributed by atoms with E-state index in [0.29, 0.717) is 26.0 Å². The van der Waals surface area contributed by atoms with Gasteiger partial charge in [-0.3, -0.25) is 20.2 Å². The van der Waals surface area contributed by atoms with Crippen LogP contribution >= 0.6 is 0 Å². The number of benzene rings is 1. The highest BCUT2D eigenvalue weighted by molar-refractivity contribution is 5.65. The molecule has 26 heavy (non-hydrogen) atoms. The number of hydrogen-bond donors (Lipinski definition) is 2. The third-order valence-corrected chi connectivity index (χ3v) is 4.07. The van der Waals surface area contributed by atoms with E-state index >= 15 is 0 Å². The number of nitro benzene ring substituents is 2. The lowest BCUT2D eigenvalue weighted by Crippen LogP contribution is -2.32. The lowest BCUT2D eigenvalue weighted by molar-refractivity contribution is -0.393. The van der Waals surface area contributed by atoms with Crippen molar-refractivity contribution in [1.29, 1.82) is 0 Å². The van der Waals surface area contributed by atoms with Gasteiger partial charge < -0.3 is 15.2 Å². The third kappa shape index (κ3) is 6.93. The molecule has 0 aliphatic rings. The molecule has 0 fully saturated rings. The predicted molar refractivity (Wildman–Crippen MR) is 98.4 cm³/mol. The van der Waals surface area contributed by atoms with Crippen LogP contribution in [-0.4, -0.2) is 40.3 Å². The van der Waals surface area contributed by atoms with E-state index in [1.54, 1.807) is 0 Å². The molecule has 0 heterocycles. The number of hydrogen-bond acceptors (Lipinski definition) is 7. The first-order valence-electron chi connectivity index (χ1n) is 8.39. The third-order valence-electron chi connectivity index (χ3n) is 4.07. The van der Waals surface area contributed by atoms with Crippen LogP contribution in [-0.2, 0) is 4.74 Å². The number of aliphatic hydroxyl groups is 1. The Kier molecular flexibility index (Phi) is 7.46. The van der Waals surface area contributed by atoms with E-state index in [1.165, 1.54) is 12.1 Å². The zero-order chi connectivity index (χ0) is 20.0. The predicted octanol–water partition coefficient (Wildman–Crippen LogP) is 3.51. The molecule has 9 nitrogen and oxygen atoms in total. The van der Waals surface area contributed by atoms with Crippen LogP contribution in [0, 0.1) is 25.6 Å². The number of anilines is 1. The van der Waals surface area contributed by atoms with Crippen molar-refractivity contribution in [2.45, 2.75) is 46.1 Å². The maximum absolute atomic E-state index is 11.1. The average Bonchev–Trinajstić information content (AvgIpc) is 2.53. The molecule has 0 aromatic heterocycles. The van der Waals surface area contributed by atoms with E-state index < -0.39 is 15.4 Å². The fraction of sp³-hybridized carbons (Fsp3) is 0.647. The van der Waals surface area contributed by atoms with Crippen LogP contribution in [0.4, 0.5) is 17.1 Å². The first-order valence-corrected chi connectivity index (χ1v) is 8.39. The molecule has 0 spiro atoms. The first-order chi connectivity index (χ1) is 12.0. The van der Waals surface area contributed by atoms with Gasteiger partial charge in [0.05, 0.1) is 28.1 Å². The highest BCUT2D eigenvalue weighted by atomic mass is 16.6. The summed E-state index contributed by atoms with van der Waals surface area (Å²) in [4.78, 5) is 20.6. The van der Waals surface area contributed by atoms with Gasteiger partial charge in [0, 0.05) is 19.2 Å². The van der Waals surface area contributed by atoms with Crippen LogP contribution in [0.2, 0.25) is 0 Å². The van der Waals surface area contributed by atoms with E-state index in [0.717, 1.165) is 6.07 Å². The zero-order valence-electron chi connectivity index (χ0n) is 15.7. The SMILES string of the molecule is CC(C)(CCNc1ccc([N+](=O)[O-])cc1[N+](=O)[O-])COC(C)(C)CCO. The Morgan fingerprint density at radius 3 is 2.31 bits per heavy atom. The summed E-state index contributed by atoms with van der Waals surface area (Å²) in [6, 6.07) is 3.54. The molecule has 0 amide bonds. The Labute approximate surface area is 152 Å². The van der Waals surface area contributed by atoms with Crippen LogP contribution in [0.25, 0.3) is 0 Å². The highest BCUT2D eigenvalue weighted by Crippen LogP contribution is 2.30. The average molecular weight is 369 g/mol. The van der Waals surface area contributed by atoms with Crippen LogP contribution in [0.1, 0.15) is 40.5 Å². The second-order valence-electron chi connectivity index (χ2n) is 7.58. The summed E-state index contributed by atoms with van der Waals surface area (Å²) in [5.74, 6) is 0. The Morgan fingerprint density at radius 1 is 1.12 bits per heavy atom. The van der Waals surface area contributed by atoms with Gasteiger partial charge in [-0.15, -0.1) is 0 Å². The molecule has 0 atom stereocenters. The summed E-state index contributed by atoms with van der Waals surface area (Å²) in [7, 11) is 0. The molecule has 0 saturated heterocycles. The molecular formula is C17H27N3O6. The minimum Gasteiger partial charge on any atom is -0.396 e. The molecule has 0 bridgehead atoms. The van der Waals surface area contributed by atoms with Gasteiger partial charge in [0.15, 0.2) is 0 Å². The van der Waals surface area contributed by atoms with Gasteiger partial charge in [-0.25, -0.2) is 0 Å². The summed E-state index contributed by atoms with van der Waals surface area (Å²) >= 11 is 0. The van der Waals surface area contributed by atoms with Gasteiger partial charge >= 0.3 is 0 Å². The molecule has 0 saturated carbocycles. The minimum atomic E-state index is -0.661. The van der Waals surface area contributed by atoms with E-state index in [9.17, 15) is 20.2 Å². The molecular weight excluding hydrogens is 342 g/mol. The van der Waals surface area contributed by atoms with Gasteiger partial charge in [0.2, 0.25) is 0 Å². The Bertz CT molecular complexity index is 645. The molecule has 0 radical (unpaired) electrons. The maximum Gasteiger partial charge on any atom is 0.299 e. The molecule has 0 aliphatic heterocycles. The fourth-order valence-electron chi connectivity index (χ4n) is 2.27. The quantitative estimate of drug-likeness (QED) is 0.451. The van der Waals surface area contributed by atoms with Gasteiger partial charge in [0.1, 0.15) is 5.69 Å².